The van der Waals surface area contributed by atoms with E-state index in [4.69, 9.17) is 4.74 Å². The average molecular weight is 382 g/mol. The van der Waals surface area contributed by atoms with Crippen LogP contribution in [0.25, 0.3) is 0 Å². The molecule has 1 amide bonds. The predicted octanol–water partition coefficient (Wildman–Crippen LogP) is -0.173. The van der Waals surface area contributed by atoms with Gasteiger partial charge in [-0.3, -0.25) is 4.79 Å². The molecule has 0 unspecified atom stereocenters. The molecule has 1 saturated heterocycles. The van der Waals surface area contributed by atoms with E-state index in [0.29, 0.717) is 0 Å². The molecule has 1 atom stereocenters. The number of para-hydroxylation sites is 2. The summed E-state index contributed by atoms with van der Waals surface area (Å²) in [5, 5.41) is 0. The van der Waals surface area contributed by atoms with Crippen molar-refractivity contribution in [3.8, 4) is 5.75 Å². The molecular formula is C23H31N3O2+2. The van der Waals surface area contributed by atoms with Gasteiger partial charge in [-0.1, -0.05) is 36.4 Å². The zero-order valence-corrected chi connectivity index (χ0v) is 16.7. The van der Waals surface area contributed by atoms with E-state index in [1.807, 2.05) is 41.3 Å². The minimum absolute atomic E-state index is 0.0216. The van der Waals surface area contributed by atoms with Gasteiger partial charge in [-0.2, -0.15) is 0 Å². The van der Waals surface area contributed by atoms with Crippen LogP contribution in [0, 0.1) is 0 Å². The number of rotatable bonds is 6. The second kappa shape index (κ2) is 8.76. The maximum absolute atomic E-state index is 13.1. The SMILES string of the molecule is C[C@@H](C(=O)N1CCc2ccccc21)[NH+]1CC[NH+](CCOc2ccccc2)CC1. The van der Waals surface area contributed by atoms with E-state index < -0.39 is 0 Å². The topological polar surface area (TPSA) is 38.4 Å². The molecule has 0 aliphatic carbocycles. The fourth-order valence-electron chi connectivity index (χ4n) is 4.41. The molecule has 0 radical (unpaired) electrons. The van der Waals surface area contributed by atoms with Crippen LogP contribution in [0.5, 0.6) is 5.75 Å². The summed E-state index contributed by atoms with van der Waals surface area (Å²) < 4.78 is 5.83. The second-order valence-electron chi connectivity index (χ2n) is 7.91. The fraction of sp³-hybridized carbons (Fsp3) is 0.435. The van der Waals surface area contributed by atoms with Crippen LogP contribution < -0.4 is 19.4 Å². The molecule has 148 valence electrons. The van der Waals surface area contributed by atoms with Crippen molar-refractivity contribution < 1.29 is 19.3 Å². The third-order valence-electron chi connectivity index (χ3n) is 6.20. The molecule has 0 saturated carbocycles. The summed E-state index contributed by atoms with van der Waals surface area (Å²) in [6.07, 6.45) is 0.976. The molecule has 0 aromatic heterocycles. The highest BCUT2D eigenvalue weighted by Gasteiger charge is 2.35. The summed E-state index contributed by atoms with van der Waals surface area (Å²) >= 11 is 0. The first-order valence-corrected chi connectivity index (χ1v) is 10.5. The first-order valence-electron chi connectivity index (χ1n) is 10.5. The third-order valence-corrected chi connectivity index (χ3v) is 6.20. The Bertz CT molecular complexity index is 787. The molecule has 0 bridgehead atoms. The van der Waals surface area contributed by atoms with Crippen LogP contribution in [0.4, 0.5) is 5.69 Å². The number of hydrogen-bond acceptors (Lipinski definition) is 2. The number of quaternary nitrogens is 2. The molecule has 2 aliphatic heterocycles. The number of hydrogen-bond donors (Lipinski definition) is 2. The molecule has 4 rings (SSSR count). The van der Waals surface area contributed by atoms with Crippen LogP contribution in [0.3, 0.4) is 0 Å². The van der Waals surface area contributed by atoms with Crippen LogP contribution >= 0.6 is 0 Å². The van der Waals surface area contributed by atoms with Crippen molar-refractivity contribution in [3.05, 3.63) is 60.2 Å². The van der Waals surface area contributed by atoms with E-state index in [0.717, 1.165) is 63.7 Å². The second-order valence-corrected chi connectivity index (χ2v) is 7.91. The Balaban J connectivity index is 1.24. The van der Waals surface area contributed by atoms with Crippen molar-refractivity contribution in [3.63, 3.8) is 0 Å². The third kappa shape index (κ3) is 4.21. The smallest absolute Gasteiger partial charge is 0.284 e. The highest BCUT2D eigenvalue weighted by atomic mass is 16.5. The van der Waals surface area contributed by atoms with Crippen LogP contribution in [-0.2, 0) is 11.2 Å². The number of nitrogens with one attached hydrogen (secondary N) is 2. The molecule has 28 heavy (non-hydrogen) atoms. The molecule has 1 fully saturated rings. The summed E-state index contributed by atoms with van der Waals surface area (Å²) in [7, 11) is 0. The highest BCUT2D eigenvalue weighted by Crippen LogP contribution is 2.27. The quantitative estimate of drug-likeness (QED) is 0.729. The van der Waals surface area contributed by atoms with Gasteiger partial charge in [0.2, 0.25) is 0 Å². The van der Waals surface area contributed by atoms with Crippen LogP contribution in [-0.4, -0.2) is 57.8 Å². The van der Waals surface area contributed by atoms with E-state index in [9.17, 15) is 4.79 Å². The minimum Gasteiger partial charge on any atom is -0.488 e. The number of piperazine rings is 1. The van der Waals surface area contributed by atoms with Crippen LogP contribution in [0.2, 0.25) is 0 Å². The fourth-order valence-corrected chi connectivity index (χ4v) is 4.41. The Hall–Kier alpha value is -2.37. The molecule has 5 nitrogen and oxygen atoms in total. The first-order chi connectivity index (χ1) is 13.7. The van der Waals surface area contributed by atoms with E-state index in [1.54, 1.807) is 4.90 Å². The lowest BCUT2D eigenvalue weighted by atomic mass is 10.1. The summed E-state index contributed by atoms with van der Waals surface area (Å²) in [6, 6.07) is 18.3. The first kappa shape index (κ1) is 19.0. The number of amides is 1. The number of ether oxygens (including phenoxy) is 1. The van der Waals surface area contributed by atoms with Gasteiger partial charge in [0, 0.05) is 12.2 Å². The average Bonchev–Trinajstić information content (AvgIpc) is 3.18. The molecule has 2 aliphatic rings. The Kier molecular flexibility index (Phi) is 5.93. The van der Waals surface area contributed by atoms with Gasteiger partial charge in [-0.05, 0) is 37.1 Å². The van der Waals surface area contributed by atoms with Crippen molar-refractivity contribution in [2.24, 2.45) is 0 Å². The number of nitrogens with zero attached hydrogens (tertiary/aromatic N) is 1. The Morgan fingerprint density at radius 3 is 2.54 bits per heavy atom. The maximum atomic E-state index is 13.1. The number of fused-ring (bicyclic) bond motifs is 1. The summed E-state index contributed by atoms with van der Waals surface area (Å²) in [4.78, 5) is 18.1. The van der Waals surface area contributed by atoms with Crippen molar-refractivity contribution in [2.75, 3.05) is 50.8 Å². The molecule has 2 aromatic carbocycles. The standard InChI is InChI=1S/C23H29N3O2/c1-19(23(27)26-12-11-20-7-5-6-10-22(20)26)25-15-13-24(14-16-25)17-18-28-21-8-3-2-4-9-21/h2-10,19H,11-18H2,1H3/p+2/t19-/m0/s1. The van der Waals surface area contributed by atoms with Gasteiger partial charge in [0.15, 0.2) is 6.04 Å². The lowest BCUT2D eigenvalue weighted by molar-refractivity contribution is -1.02. The van der Waals surface area contributed by atoms with E-state index in [1.165, 1.54) is 10.5 Å². The zero-order chi connectivity index (χ0) is 19.3. The lowest BCUT2D eigenvalue weighted by Crippen LogP contribution is -3.30. The van der Waals surface area contributed by atoms with Gasteiger partial charge >= 0.3 is 0 Å². The van der Waals surface area contributed by atoms with E-state index >= 15 is 0 Å². The summed E-state index contributed by atoms with van der Waals surface area (Å²) in [6.45, 7) is 8.97. The van der Waals surface area contributed by atoms with Gasteiger partial charge in [0.1, 0.15) is 45.1 Å². The Labute approximate surface area is 167 Å². The van der Waals surface area contributed by atoms with Crippen molar-refractivity contribution in [1.29, 1.82) is 0 Å². The van der Waals surface area contributed by atoms with E-state index in [2.05, 4.69) is 25.1 Å². The van der Waals surface area contributed by atoms with Crippen molar-refractivity contribution >= 4 is 11.6 Å². The maximum Gasteiger partial charge on any atom is 0.284 e. The number of anilines is 1. The largest absolute Gasteiger partial charge is 0.488 e. The number of carbonyl (C=O) groups excluding carboxylic acids is 1. The lowest BCUT2D eigenvalue weighted by Gasteiger charge is -2.34. The molecule has 2 N–H and O–H groups in total. The summed E-state index contributed by atoms with van der Waals surface area (Å²) in [5.41, 5.74) is 2.41. The predicted molar refractivity (Wildman–Crippen MR) is 110 cm³/mol. The van der Waals surface area contributed by atoms with Gasteiger partial charge in [0.05, 0.1) is 0 Å². The molecule has 5 heteroatoms. The van der Waals surface area contributed by atoms with Gasteiger partial charge in [-0.25, -0.2) is 0 Å². The van der Waals surface area contributed by atoms with Gasteiger partial charge < -0.3 is 19.4 Å². The minimum atomic E-state index is 0.0216. The molecule has 2 heterocycles. The number of benzene rings is 2. The zero-order valence-electron chi connectivity index (χ0n) is 16.7. The van der Waals surface area contributed by atoms with Gasteiger partial charge in [-0.15, -0.1) is 0 Å². The van der Waals surface area contributed by atoms with Gasteiger partial charge in [0.25, 0.3) is 5.91 Å². The van der Waals surface area contributed by atoms with Crippen molar-refractivity contribution in [1.82, 2.24) is 0 Å². The monoisotopic (exact) mass is 381 g/mol. The number of carbonyl (C=O) groups is 1. The summed E-state index contributed by atoms with van der Waals surface area (Å²) in [5.74, 6) is 1.21. The Morgan fingerprint density at radius 2 is 1.75 bits per heavy atom. The van der Waals surface area contributed by atoms with E-state index in [-0.39, 0.29) is 11.9 Å². The van der Waals surface area contributed by atoms with Crippen molar-refractivity contribution in [2.45, 2.75) is 19.4 Å². The molecule has 0 spiro atoms. The molecule has 2 aromatic rings. The highest BCUT2D eigenvalue weighted by molar-refractivity contribution is 5.97. The van der Waals surface area contributed by atoms with Crippen LogP contribution in [0.15, 0.2) is 54.6 Å². The molecular weight excluding hydrogens is 350 g/mol. The normalized spacial score (nSPS) is 22.5. The van der Waals surface area contributed by atoms with Crippen LogP contribution in [0.1, 0.15) is 12.5 Å². The Morgan fingerprint density at radius 1 is 1.04 bits per heavy atom.